The fourth-order valence-corrected chi connectivity index (χ4v) is 3.38. The number of aromatic nitrogens is 3. The average molecular weight is 368 g/mol. The molecular weight excluding hydrogens is 348 g/mol. The molecule has 1 N–H and O–H groups in total. The molecule has 1 aliphatic rings. The summed E-state index contributed by atoms with van der Waals surface area (Å²) in [7, 11) is 1.67. The SMILES string of the molecule is COc1ccccc1NC1CCN(c2ccc3ncc([N+](=O)[O-])n3n2)CC1. The minimum absolute atomic E-state index is 0.125. The zero-order valence-corrected chi connectivity index (χ0v) is 14.9. The number of anilines is 2. The van der Waals surface area contributed by atoms with Crippen LogP contribution in [0.1, 0.15) is 12.8 Å². The van der Waals surface area contributed by atoms with Crippen LogP contribution in [0.2, 0.25) is 0 Å². The lowest BCUT2D eigenvalue weighted by molar-refractivity contribution is -0.391. The summed E-state index contributed by atoms with van der Waals surface area (Å²) in [5.41, 5.74) is 1.46. The molecule has 0 atom stereocenters. The second kappa shape index (κ2) is 7.10. The summed E-state index contributed by atoms with van der Waals surface area (Å²) in [6, 6.07) is 11.8. The quantitative estimate of drug-likeness (QED) is 0.546. The number of hydrogen-bond donors (Lipinski definition) is 1. The molecule has 27 heavy (non-hydrogen) atoms. The normalized spacial score (nSPS) is 15.1. The molecule has 140 valence electrons. The van der Waals surface area contributed by atoms with Gasteiger partial charge in [-0.05, 0) is 36.0 Å². The lowest BCUT2D eigenvalue weighted by Crippen LogP contribution is -2.39. The fourth-order valence-electron chi connectivity index (χ4n) is 3.38. The van der Waals surface area contributed by atoms with E-state index in [0.29, 0.717) is 11.7 Å². The van der Waals surface area contributed by atoms with Gasteiger partial charge in [0.05, 0.1) is 12.8 Å². The maximum absolute atomic E-state index is 11.1. The highest BCUT2D eigenvalue weighted by molar-refractivity contribution is 5.57. The van der Waals surface area contributed by atoms with E-state index in [1.165, 1.54) is 10.7 Å². The molecule has 0 aliphatic carbocycles. The van der Waals surface area contributed by atoms with Gasteiger partial charge < -0.3 is 25.1 Å². The van der Waals surface area contributed by atoms with Crippen LogP contribution in [0.3, 0.4) is 0 Å². The van der Waals surface area contributed by atoms with Crippen molar-refractivity contribution in [1.82, 2.24) is 14.6 Å². The maximum atomic E-state index is 11.1. The van der Waals surface area contributed by atoms with Crippen LogP contribution in [-0.2, 0) is 0 Å². The highest BCUT2D eigenvalue weighted by Gasteiger charge is 2.23. The van der Waals surface area contributed by atoms with Crippen LogP contribution in [0.15, 0.2) is 42.6 Å². The van der Waals surface area contributed by atoms with Crippen LogP contribution >= 0.6 is 0 Å². The highest BCUT2D eigenvalue weighted by atomic mass is 16.6. The second-order valence-electron chi connectivity index (χ2n) is 6.44. The smallest absolute Gasteiger partial charge is 0.368 e. The van der Waals surface area contributed by atoms with Crippen molar-refractivity contribution in [2.75, 3.05) is 30.4 Å². The number of benzene rings is 1. The molecular formula is C18H20N6O3. The largest absolute Gasteiger partial charge is 0.495 e. The van der Waals surface area contributed by atoms with Gasteiger partial charge in [-0.3, -0.25) is 0 Å². The van der Waals surface area contributed by atoms with Crippen molar-refractivity contribution in [3.63, 3.8) is 0 Å². The van der Waals surface area contributed by atoms with E-state index < -0.39 is 4.92 Å². The Bertz CT molecular complexity index is 965. The third-order valence-electron chi connectivity index (χ3n) is 4.80. The van der Waals surface area contributed by atoms with Gasteiger partial charge in [0.25, 0.3) is 0 Å². The molecule has 0 saturated carbocycles. The van der Waals surface area contributed by atoms with Crippen molar-refractivity contribution in [1.29, 1.82) is 0 Å². The van der Waals surface area contributed by atoms with Gasteiger partial charge in [0.15, 0.2) is 5.82 Å². The van der Waals surface area contributed by atoms with Crippen LogP contribution in [0.25, 0.3) is 5.65 Å². The molecule has 2 aromatic heterocycles. The van der Waals surface area contributed by atoms with E-state index in [1.54, 1.807) is 13.2 Å². The Kier molecular flexibility index (Phi) is 4.49. The number of ether oxygens (including phenoxy) is 1. The van der Waals surface area contributed by atoms with E-state index in [2.05, 4.69) is 20.3 Å². The van der Waals surface area contributed by atoms with Crippen LogP contribution in [0.4, 0.5) is 17.3 Å². The Labute approximate surface area is 155 Å². The van der Waals surface area contributed by atoms with Crippen LogP contribution < -0.4 is 15.0 Å². The van der Waals surface area contributed by atoms with Crippen LogP contribution in [0, 0.1) is 10.1 Å². The Hall–Kier alpha value is -3.36. The Balaban J connectivity index is 1.45. The van der Waals surface area contributed by atoms with E-state index in [4.69, 9.17) is 4.74 Å². The molecule has 0 radical (unpaired) electrons. The van der Waals surface area contributed by atoms with E-state index in [0.717, 1.165) is 43.2 Å². The van der Waals surface area contributed by atoms with Gasteiger partial charge in [0, 0.05) is 25.2 Å². The van der Waals surface area contributed by atoms with Crippen molar-refractivity contribution in [2.45, 2.75) is 18.9 Å². The molecule has 9 nitrogen and oxygen atoms in total. The van der Waals surface area contributed by atoms with Crippen molar-refractivity contribution in [3.8, 4) is 5.75 Å². The summed E-state index contributed by atoms with van der Waals surface area (Å²) in [6.45, 7) is 1.63. The first-order chi connectivity index (χ1) is 13.2. The zero-order chi connectivity index (χ0) is 18.8. The van der Waals surface area contributed by atoms with E-state index in [1.807, 2.05) is 30.3 Å². The number of methoxy groups -OCH3 is 1. The van der Waals surface area contributed by atoms with E-state index in [-0.39, 0.29) is 5.82 Å². The van der Waals surface area contributed by atoms with Crippen LogP contribution in [-0.4, -0.2) is 45.8 Å². The first kappa shape index (κ1) is 17.1. The number of fused-ring (bicyclic) bond motifs is 1. The number of imidazole rings is 1. The van der Waals surface area contributed by atoms with Gasteiger partial charge >= 0.3 is 5.82 Å². The molecule has 0 spiro atoms. The molecule has 1 saturated heterocycles. The number of hydrogen-bond acceptors (Lipinski definition) is 7. The first-order valence-electron chi connectivity index (χ1n) is 8.79. The highest BCUT2D eigenvalue weighted by Crippen LogP contribution is 2.27. The third-order valence-corrected chi connectivity index (χ3v) is 4.80. The molecule has 3 aromatic rings. The Morgan fingerprint density at radius 2 is 2.00 bits per heavy atom. The van der Waals surface area contributed by atoms with Gasteiger partial charge in [-0.2, -0.15) is 0 Å². The molecule has 3 heterocycles. The predicted octanol–water partition coefficient (Wildman–Crippen LogP) is 2.73. The molecule has 1 aliphatic heterocycles. The molecule has 0 unspecified atom stereocenters. The summed E-state index contributed by atoms with van der Waals surface area (Å²) < 4.78 is 6.68. The van der Waals surface area contributed by atoms with Gasteiger partial charge in [-0.25, -0.2) is 4.98 Å². The minimum atomic E-state index is -0.472. The summed E-state index contributed by atoms with van der Waals surface area (Å²) in [6.07, 6.45) is 3.10. The van der Waals surface area contributed by atoms with Crippen molar-refractivity contribution in [3.05, 3.63) is 52.7 Å². The van der Waals surface area contributed by atoms with Crippen LogP contribution in [0.5, 0.6) is 5.75 Å². The zero-order valence-electron chi connectivity index (χ0n) is 14.9. The van der Waals surface area contributed by atoms with Gasteiger partial charge in [-0.15, -0.1) is 0 Å². The first-order valence-corrected chi connectivity index (χ1v) is 8.79. The lowest BCUT2D eigenvalue weighted by atomic mass is 10.0. The molecule has 1 aromatic carbocycles. The summed E-state index contributed by atoms with van der Waals surface area (Å²) in [5, 5.41) is 19.1. The number of piperidine rings is 1. The number of rotatable bonds is 5. The Morgan fingerprint density at radius 3 is 2.74 bits per heavy atom. The fraction of sp³-hybridized carbons (Fsp3) is 0.333. The third kappa shape index (κ3) is 3.35. The molecule has 0 amide bonds. The monoisotopic (exact) mass is 368 g/mol. The topological polar surface area (TPSA) is 97.8 Å². The molecule has 1 fully saturated rings. The number of nitrogens with zero attached hydrogens (tertiary/aromatic N) is 5. The lowest BCUT2D eigenvalue weighted by Gasteiger charge is -2.33. The second-order valence-corrected chi connectivity index (χ2v) is 6.44. The minimum Gasteiger partial charge on any atom is -0.495 e. The van der Waals surface area contributed by atoms with Crippen molar-refractivity contribution in [2.24, 2.45) is 0 Å². The molecule has 0 bridgehead atoms. The van der Waals surface area contributed by atoms with Gasteiger partial charge in [0.1, 0.15) is 11.9 Å². The van der Waals surface area contributed by atoms with Crippen molar-refractivity contribution < 1.29 is 9.66 Å². The summed E-state index contributed by atoms with van der Waals surface area (Å²) in [5.74, 6) is 1.43. The predicted molar refractivity (Wildman–Crippen MR) is 101 cm³/mol. The molecule has 4 rings (SSSR count). The maximum Gasteiger partial charge on any atom is 0.368 e. The van der Waals surface area contributed by atoms with Gasteiger partial charge in [-0.1, -0.05) is 21.7 Å². The average Bonchev–Trinajstić information content (AvgIpc) is 3.12. The number of para-hydroxylation sites is 2. The Morgan fingerprint density at radius 1 is 1.22 bits per heavy atom. The number of nitro groups is 1. The summed E-state index contributed by atoms with van der Waals surface area (Å²) in [4.78, 5) is 16.8. The summed E-state index contributed by atoms with van der Waals surface area (Å²) >= 11 is 0. The van der Waals surface area contributed by atoms with Crippen molar-refractivity contribution >= 4 is 23.0 Å². The van der Waals surface area contributed by atoms with Gasteiger partial charge in [0.2, 0.25) is 5.65 Å². The van der Waals surface area contributed by atoms with E-state index >= 15 is 0 Å². The van der Waals surface area contributed by atoms with E-state index in [9.17, 15) is 10.1 Å². The standard InChI is InChI=1S/C18H20N6O3/c1-27-15-5-3-2-4-14(15)20-13-8-10-22(11-9-13)17-7-6-16-19-12-18(24(25)26)23(16)21-17/h2-7,12-13,20H,8-11H2,1H3. The molecule has 9 heteroatoms. The number of nitrogens with one attached hydrogen (secondary N) is 1.